The lowest BCUT2D eigenvalue weighted by molar-refractivity contribution is -0.138. The van der Waals surface area contributed by atoms with Crippen molar-refractivity contribution in [3.63, 3.8) is 0 Å². The first-order valence-electron chi connectivity index (χ1n) is 8.21. The zero-order chi connectivity index (χ0) is 18.2. The van der Waals surface area contributed by atoms with Gasteiger partial charge < -0.3 is 24.5 Å². The second kappa shape index (κ2) is 9.19. The average Bonchev–Trinajstić information content (AvgIpc) is 2.96. The molecule has 0 aliphatic carbocycles. The monoisotopic (exact) mass is 348 g/mol. The molecule has 2 N–H and O–H groups in total. The number of rotatable bonds is 10. The number of hydrogen-bond donors (Lipinski definition) is 2. The van der Waals surface area contributed by atoms with E-state index in [-0.39, 0.29) is 26.1 Å². The molecule has 0 aliphatic rings. The zero-order valence-electron chi connectivity index (χ0n) is 14.6. The van der Waals surface area contributed by atoms with Crippen molar-refractivity contribution < 1.29 is 24.2 Å². The van der Waals surface area contributed by atoms with Gasteiger partial charge in [0.15, 0.2) is 0 Å². The largest absolute Gasteiger partial charge is 0.481 e. The average molecular weight is 348 g/mol. The van der Waals surface area contributed by atoms with Crippen LogP contribution in [0.1, 0.15) is 18.4 Å². The van der Waals surface area contributed by atoms with Crippen molar-refractivity contribution >= 4 is 22.8 Å². The molecule has 0 atom stereocenters. The van der Waals surface area contributed by atoms with Crippen LogP contribution in [-0.2, 0) is 20.7 Å². The predicted molar refractivity (Wildman–Crippen MR) is 93.9 cm³/mol. The third kappa shape index (κ3) is 5.88. The molecular weight excluding hydrogens is 324 g/mol. The van der Waals surface area contributed by atoms with Crippen molar-refractivity contribution in [3.8, 4) is 5.75 Å². The quantitative estimate of drug-likeness (QED) is 0.388. The number of ether oxygens (including phenoxy) is 2. The highest BCUT2D eigenvalue weighted by Gasteiger charge is 2.13. The Hall–Kier alpha value is -2.38. The number of hydrogen-bond acceptors (Lipinski definition) is 5. The molecule has 0 bridgehead atoms. The second-order valence-corrected chi connectivity index (χ2v) is 6.03. The van der Waals surface area contributed by atoms with Gasteiger partial charge in [0.25, 0.3) is 0 Å². The summed E-state index contributed by atoms with van der Waals surface area (Å²) >= 11 is 0. The van der Waals surface area contributed by atoms with Crippen LogP contribution in [0.2, 0.25) is 0 Å². The minimum Gasteiger partial charge on any atom is -0.481 e. The van der Waals surface area contributed by atoms with Crippen LogP contribution in [0, 0.1) is 0 Å². The third-order valence-electron chi connectivity index (χ3n) is 3.71. The van der Waals surface area contributed by atoms with E-state index in [9.17, 15) is 9.59 Å². The van der Waals surface area contributed by atoms with E-state index in [4.69, 9.17) is 14.6 Å². The Bertz CT molecular complexity index is 723. The summed E-state index contributed by atoms with van der Waals surface area (Å²) in [6.07, 6.45) is 2.79. The molecule has 1 aromatic heterocycles. The first kappa shape index (κ1) is 19.0. The van der Waals surface area contributed by atoms with Gasteiger partial charge in [0.05, 0.1) is 26.1 Å². The summed E-state index contributed by atoms with van der Waals surface area (Å²) in [6.45, 7) is 1.13. The summed E-state index contributed by atoms with van der Waals surface area (Å²) < 4.78 is 10.6. The van der Waals surface area contributed by atoms with Gasteiger partial charge in [-0.2, -0.15) is 0 Å². The summed E-state index contributed by atoms with van der Waals surface area (Å²) in [5, 5.41) is 9.44. The molecule has 0 unspecified atom stereocenters. The molecule has 2 rings (SSSR count). The van der Waals surface area contributed by atoms with Crippen molar-refractivity contribution in [1.82, 2.24) is 9.88 Å². The van der Waals surface area contributed by atoms with E-state index >= 15 is 0 Å². The molecule has 1 aromatic carbocycles. The van der Waals surface area contributed by atoms with Crippen molar-refractivity contribution in [2.45, 2.75) is 19.3 Å². The minimum atomic E-state index is -0.924. The highest BCUT2D eigenvalue weighted by Crippen LogP contribution is 2.29. The first-order valence-corrected chi connectivity index (χ1v) is 8.21. The van der Waals surface area contributed by atoms with E-state index in [1.807, 2.05) is 32.4 Å². The number of aromatic amines is 1. The van der Waals surface area contributed by atoms with Gasteiger partial charge in [0.2, 0.25) is 0 Å². The molecule has 1 heterocycles. The molecule has 0 saturated heterocycles. The normalized spacial score (nSPS) is 11.2. The van der Waals surface area contributed by atoms with Crippen LogP contribution in [0.25, 0.3) is 10.9 Å². The van der Waals surface area contributed by atoms with Gasteiger partial charge in [-0.1, -0.05) is 6.07 Å². The number of benzene rings is 1. The van der Waals surface area contributed by atoms with E-state index in [1.54, 1.807) is 6.07 Å². The maximum absolute atomic E-state index is 12.0. The number of nitrogens with zero attached hydrogens (tertiary/aromatic N) is 1. The molecule has 136 valence electrons. The maximum atomic E-state index is 12.0. The molecular formula is C18H24N2O5. The van der Waals surface area contributed by atoms with Gasteiger partial charge in [0.1, 0.15) is 5.75 Å². The standard InChI is InChI=1S/C18H24N2O5/c1-20(2)9-6-13-12-19-14-4-3-5-15(18(13)14)25-17(23)8-11-24-10-7-16(21)22/h3-5,12,19H,6-11H2,1-2H3,(H,21,22). The smallest absolute Gasteiger partial charge is 0.313 e. The number of aliphatic carboxylic acids is 1. The van der Waals surface area contributed by atoms with Gasteiger partial charge in [-0.25, -0.2) is 0 Å². The lowest BCUT2D eigenvalue weighted by atomic mass is 10.1. The molecule has 7 nitrogen and oxygen atoms in total. The Balaban J connectivity index is 1.96. The fourth-order valence-electron chi connectivity index (χ4n) is 2.44. The Morgan fingerprint density at radius 3 is 2.68 bits per heavy atom. The molecule has 0 fully saturated rings. The zero-order valence-corrected chi connectivity index (χ0v) is 14.6. The fourth-order valence-corrected chi connectivity index (χ4v) is 2.44. The lowest BCUT2D eigenvalue weighted by Gasteiger charge is -2.10. The lowest BCUT2D eigenvalue weighted by Crippen LogP contribution is -2.15. The number of carbonyl (C=O) groups is 2. The highest BCUT2D eigenvalue weighted by atomic mass is 16.5. The number of carboxylic acid groups (broad SMARTS) is 1. The van der Waals surface area contributed by atoms with E-state index in [0.717, 1.165) is 29.4 Å². The Kier molecular flexibility index (Phi) is 6.97. The Labute approximate surface area is 146 Å². The Morgan fingerprint density at radius 1 is 1.20 bits per heavy atom. The SMILES string of the molecule is CN(C)CCc1c[nH]c2cccc(OC(=O)CCOCCC(=O)O)c12. The van der Waals surface area contributed by atoms with Crippen molar-refractivity contribution in [2.24, 2.45) is 0 Å². The summed E-state index contributed by atoms with van der Waals surface area (Å²) in [7, 11) is 4.03. The van der Waals surface area contributed by atoms with Gasteiger partial charge >= 0.3 is 11.9 Å². The van der Waals surface area contributed by atoms with Crippen LogP contribution >= 0.6 is 0 Å². The minimum absolute atomic E-state index is 0.0764. The molecule has 0 radical (unpaired) electrons. The number of fused-ring (bicyclic) bond motifs is 1. The van der Waals surface area contributed by atoms with E-state index in [0.29, 0.717) is 5.75 Å². The number of aromatic nitrogens is 1. The summed E-state index contributed by atoms with van der Waals surface area (Å²) in [6, 6.07) is 5.56. The second-order valence-electron chi connectivity index (χ2n) is 6.03. The third-order valence-corrected chi connectivity index (χ3v) is 3.71. The van der Waals surface area contributed by atoms with Gasteiger partial charge in [-0.05, 0) is 38.2 Å². The van der Waals surface area contributed by atoms with Crippen molar-refractivity contribution in [1.29, 1.82) is 0 Å². The first-order chi connectivity index (χ1) is 12.0. The van der Waals surface area contributed by atoms with Gasteiger partial charge in [0, 0.05) is 23.6 Å². The van der Waals surface area contributed by atoms with Crippen LogP contribution in [0.3, 0.4) is 0 Å². The van der Waals surface area contributed by atoms with Crippen molar-refractivity contribution in [2.75, 3.05) is 33.9 Å². The molecule has 0 saturated carbocycles. The fraction of sp³-hybridized carbons (Fsp3) is 0.444. The van der Waals surface area contributed by atoms with Crippen LogP contribution in [0.4, 0.5) is 0 Å². The summed E-state index contributed by atoms with van der Waals surface area (Å²) in [5.41, 5.74) is 2.03. The Morgan fingerprint density at radius 2 is 1.96 bits per heavy atom. The van der Waals surface area contributed by atoms with Crippen molar-refractivity contribution in [3.05, 3.63) is 30.0 Å². The van der Waals surface area contributed by atoms with Crippen LogP contribution in [0.15, 0.2) is 24.4 Å². The number of esters is 1. The van der Waals surface area contributed by atoms with Gasteiger partial charge in [-0.15, -0.1) is 0 Å². The van der Waals surface area contributed by atoms with E-state index < -0.39 is 11.9 Å². The van der Waals surface area contributed by atoms with Crippen LogP contribution in [0.5, 0.6) is 5.75 Å². The number of carbonyl (C=O) groups excluding carboxylic acids is 1. The maximum Gasteiger partial charge on any atom is 0.313 e. The topological polar surface area (TPSA) is 91.9 Å². The molecule has 0 aliphatic heterocycles. The van der Waals surface area contributed by atoms with Crippen LogP contribution < -0.4 is 4.74 Å². The number of H-pyrrole nitrogens is 1. The molecule has 7 heteroatoms. The van der Waals surface area contributed by atoms with Gasteiger partial charge in [-0.3, -0.25) is 9.59 Å². The number of carboxylic acids is 1. The number of likely N-dealkylation sites (N-methyl/N-ethyl adjacent to an activating group) is 1. The molecule has 0 amide bonds. The predicted octanol–water partition coefficient (Wildman–Crippen LogP) is 2.06. The molecule has 25 heavy (non-hydrogen) atoms. The van der Waals surface area contributed by atoms with Crippen LogP contribution in [-0.4, -0.2) is 60.8 Å². The molecule has 2 aromatic rings. The summed E-state index contributed by atoms with van der Waals surface area (Å²) in [5.74, 6) is -0.794. The van der Waals surface area contributed by atoms with E-state index in [1.165, 1.54) is 0 Å². The number of nitrogens with one attached hydrogen (secondary N) is 1. The highest BCUT2D eigenvalue weighted by molar-refractivity contribution is 5.91. The molecule has 0 spiro atoms. The summed E-state index contributed by atoms with van der Waals surface area (Å²) in [4.78, 5) is 27.7. The van der Waals surface area contributed by atoms with E-state index in [2.05, 4.69) is 9.88 Å².